The fourth-order valence-electron chi connectivity index (χ4n) is 1.91. The zero-order chi connectivity index (χ0) is 16.2. The Kier molecular flexibility index (Phi) is 6.03. The highest BCUT2D eigenvalue weighted by molar-refractivity contribution is 6.30. The lowest BCUT2D eigenvalue weighted by Gasteiger charge is -2.28. The number of hydrogen-bond acceptors (Lipinski definition) is 2. The first kappa shape index (κ1) is 17.3. The van der Waals surface area contributed by atoms with Gasteiger partial charge < -0.3 is 15.3 Å². The normalized spacial score (nSPS) is 13.6. The van der Waals surface area contributed by atoms with Crippen LogP contribution in [0.15, 0.2) is 24.3 Å². The number of carboxylic acids is 1. The molecule has 2 amide bonds. The molecule has 0 saturated carbocycles. The van der Waals surface area contributed by atoms with Gasteiger partial charge >= 0.3 is 12.0 Å². The van der Waals surface area contributed by atoms with E-state index in [0.29, 0.717) is 5.02 Å². The quantitative estimate of drug-likeness (QED) is 0.877. The number of benzene rings is 1. The Morgan fingerprint density at radius 2 is 1.90 bits per heavy atom. The summed E-state index contributed by atoms with van der Waals surface area (Å²) in [6.07, 6.45) is 0. The van der Waals surface area contributed by atoms with Crippen molar-refractivity contribution in [1.82, 2.24) is 10.2 Å². The zero-order valence-electron chi connectivity index (χ0n) is 12.6. The van der Waals surface area contributed by atoms with Crippen LogP contribution in [0.1, 0.15) is 32.4 Å². The minimum Gasteiger partial charge on any atom is -0.480 e. The Morgan fingerprint density at radius 3 is 2.38 bits per heavy atom. The van der Waals surface area contributed by atoms with Gasteiger partial charge in [-0.1, -0.05) is 37.6 Å². The molecule has 0 aliphatic rings. The molecule has 0 radical (unpaired) electrons. The van der Waals surface area contributed by atoms with Crippen LogP contribution in [-0.2, 0) is 4.79 Å². The third kappa shape index (κ3) is 4.63. The van der Waals surface area contributed by atoms with E-state index >= 15 is 0 Å². The van der Waals surface area contributed by atoms with Gasteiger partial charge in [0.15, 0.2) is 0 Å². The molecular formula is C15H21ClN2O3. The van der Waals surface area contributed by atoms with E-state index in [2.05, 4.69) is 5.32 Å². The van der Waals surface area contributed by atoms with Gasteiger partial charge in [-0.3, -0.25) is 0 Å². The molecule has 0 saturated heterocycles. The summed E-state index contributed by atoms with van der Waals surface area (Å²) in [7, 11) is 1.63. The number of carbonyl (C=O) groups excluding carboxylic acids is 1. The van der Waals surface area contributed by atoms with Gasteiger partial charge in [-0.2, -0.15) is 0 Å². The van der Waals surface area contributed by atoms with Crippen LogP contribution in [0.3, 0.4) is 0 Å². The highest BCUT2D eigenvalue weighted by Crippen LogP contribution is 2.22. The molecule has 1 aromatic rings. The van der Waals surface area contributed by atoms with E-state index < -0.39 is 18.0 Å². The maximum Gasteiger partial charge on any atom is 0.326 e. The van der Waals surface area contributed by atoms with Crippen LogP contribution in [0.4, 0.5) is 4.79 Å². The fraction of sp³-hybridized carbons (Fsp3) is 0.467. The van der Waals surface area contributed by atoms with E-state index in [1.165, 1.54) is 4.90 Å². The molecule has 2 N–H and O–H groups in total. The number of rotatable bonds is 5. The van der Waals surface area contributed by atoms with Crippen molar-refractivity contribution in [2.24, 2.45) is 5.92 Å². The predicted molar refractivity (Wildman–Crippen MR) is 82.4 cm³/mol. The standard InChI is InChI=1S/C15H21ClN2O3/c1-9(2)13(14(19)20)17-15(21)18(4)10(3)11-6-5-7-12(16)8-11/h5-10,13H,1-4H3,(H,17,21)(H,19,20). The molecule has 1 aromatic carbocycles. The highest BCUT2D eigenvalue weighted by atomic mass is 35.5. The number of amides is 2. The number of nitrogens with one attached hydrogen (secondary N) is 1. The van der Waals surface area contributed by atoms with Crippen molar-refractivity contribution < 1.29 is 14.7 Å². The summed E-state index contributed by atoms with van der Waals surface area (Å²) in [5, 5.41) is 12.2. The molecule has 0 spiro atoms. The van der Waals surface area contributed by atoms with Crippen molar-refractivity contribution in [3.8, 4) is 0 Å². The topological polar surface area (TPSA) is 69.6 Å². The van der Waals surface area contributed by atoms with Gasteiger partial charge in [-0.15, -0.1) is 0 Å². The minimum absolute atomic E-state index is 0.193. The molecular weight excluding hydrogens is 292 g/mol. The van der Waals surface area contributed by atoms with Crippen molar-refractivity contribution in [2.45, 2.75) is 32.9 Å². The van der Waals surface area contributed by atoms with Crippen LogP contribution in [0, 0.1) is 5.92 Å². The number of carboxylic acid groups (broad SMARTS) is 1. The van der Waals surface area contributed by atoms with Crippen LogP contribution in [0.25, 0.3) is 0 Å². The monoisotopic (exact) mass is 312 g/mol. The van der Waals surface area contributed by atoms with Crippen molar-refractivity contribution in [3.63, 3.8) is 0 Å². The van der Waals surface area contributed by atoms with Gasteiger partial charge in [-0.05, 0) is 30.5 Å². The molecule has 116 valence electrons. The molecule has 6 heteroatoms. The smallest absolute Gasteiger partial charge is 0.326 e. The van der Waals surface area contributed by atoms with Crippen molar-refractivity contribution in [3.05, 3.63) is 34.9 Å². The first-order valence-electron chi connectivity index (χ1n) is 6.75. The lowest BCUT2D eigenvalue weighted by atomic mass is 10.0. The van der Waals surface area contributed by atoms with Crippen LogP contribution in [0.2, 0.25) is 5.02 Å². The van der Waals surface area contributed by atoms with E-state index in [-0.39, 0.29) is 12.0 Å². The predicted octanol–water partition coefficient (Wildman–Crippen LogP) is 3.15. The van der Waals surface area contributed by atoms with Gasteiger partial charge in [-0.25, -0.2) is 9.59 Å². The Hall–Kier alpha value is -1.75. The van der Waals surface area contributed by atoms with E-state index in [9.17, 15) is 9.59 Å². The zero-order valence-corrected chi connectivity index (χ0v) is 13.4. The Balaban J connectivity index is 2.80. The Labute approximate surface area is 129 Å². The van der Waals surface area contributed by atoms with Gasteiger partial charge in [0, 0.05) is 12.1 Å². The Bertz CT molecular complexity index is 519. The number of nitrogens with zero attached hydrogens (tertiary/aromatic N) is 1. The van der Waals surface area contributed by atoms with Gasteiger partial charge in [0.1, 0.15) is 6.04 Å². The highest BCUT2D eigenvalue weighted by Gasteiger charge is 2.26. The molecule has 5 nitrogen and oxygen atoms in total. The fourth-order valence-corrected chi connectivity index (χ4v) is 2.11. The summed E-state index contributed by atoms with van der Waals surface area (Å²) in [5.41, 5.74) is 0.886. The SMILES string of the molecule is CC(C)C(NC(=O)N(C)C(C)c1cccc(Cl)c1)C(=O)O. The summed E-state index contributed by atoms with van der Waals surface area (Å²) in [5.74, 6) is -1.23. The van der Waals surface area contributed by atoms with Gasteiger partial charge in [0.05, 0.1) is 6.04 Å². The molecule has 21 heavy (non-hydrogen) atoms. The molecule has 0 aromatic heterocycles. The lowest BCUT2D eigenvalue weighted by Crippen LogP contribution is -2.49. The van der Waals surface area contributed by atoms with Crippen LogP contribution >= 0.6 is 11.6 Å². The van der Waals surface area contributed by atoms with E-state index in [0.717, 1.165) is 5.56 Å². The second kappa shape index (κ2) is 7.31. The number of carbonyl (C=O) groups is 2. The molecule has 0 bridgehead atoms. The third-order valence-corrected chi connectivity index (χ3v) is 3.68. The lowest BCUT2D eigenvalue weighted by molar-refractivity contribution is -0.140. The first-order valence-corrected chi connectivity index (χ1v) is 7.13. The second-order valence-corrected chi connectivity index (χ2v) is 5.79. The van der Waals surface area contributed by atoms with E-state index in [1.807, 2.05) is 19.1 Å². The largest absolute Gasteiger partial charge is 0.480 e. The van der Waals surface area contributed by atoms with Crippen molar-refractivity contribution in [2.75, 3.05) is 7.05 Å². The maximum absolute atomic E-state index is 12.2. The summed E-state index contributed by atoms with van der Waals surface area (Å²) in [4.78, 5) is 24.8. The van der Waals surface area contributed by atoms with Crippen molar-refractivity contribution in [1.29, 1.82) is 0 Å². The van der Waals surface area contributed by atoms with Crippen LogP contribution in [-0.4, -0.2) is 35.1 Å². The van der Waals surface area contributed by atoms with E-state index in [1.54, 1.807) is 33.0 Å². The van der Waals surface area contributed by atoms with Gasteiger partial charge in [0.2, 0.25) is 0 Å². The summed E-state index contributed by atoms with van der Waals surface area (Å²) in [6.45, 7) is 5.36. The average molecular weight is 313 g/mol. The third-order valence-electron chi connectivity index (χ3n) is 3.44. The number of halogens is 1. The molecule has 2 atom stereocenters. The van der Waals surface area contributed by atoms with Crippen LogP contribution in [0.5, 0.6) is 0 Å². The molecule has 0 heterocycles. The average Bonchev–Trinajstić information content (AvgIpc) is 2.42. The molecule has 0 fully saturated rings. The second-order valence-electron chi connectivity index (χ2n) is 5.35. The molecule has 2 unspecified atom stereocenters. The summed E-state index contributed by atoms with van der Waals surface area (Å²) in [6, 6.07) is 5.68. The number of urea groups is 1. The molecule has 1 rings (SSSR count). The number of hydrogen-bond donors (Lipinski definition) is 2. The Morgan fingerprint density at radius 1 is 1.29 bits per heavy atom. The van der Waals surface area contributed by atoms with E-state index in [4.69, 9.17) is 16.7 Å². The number of aliphatic carboxylic acids is 1. The van der Waals surface area contributed by atoms with Crippen LogP contribution < -0.4 is 5.32 Å². The minimum atomic E-state index is -1.04. The summed E-state index contributed by atoms with van der Waals surface area (Å²) < 4.78 is 0. The molecule has 0 aliphatic heterocycles. The van der Waals surface area contributed by atoms with Crippen molar-refractivity contribution >= 4 is 23.6 Å². The van der Waals surface area contributed by atoms with Gasteiger partial charge in [0.25, 0.3) is 0 Å². The maximum atomic E-state index is 12.2. The molecule has 0 aliphatic carbocycles. The first-order chi connectivity index (χ1) is 9.73. The summed E-state index contributed by atoms with van der Waals surface area (Å²) >= 11 is 5.94.